The minimum Gasteiger partial charge on any atom is -0.423 e. The van der Waals surface area contributed by atoms with Gasteiger partial charge >= 0.3 is 7.12 Å². The zero-order chi connectivity index (χ0) is 17.2. The molecule has 4 aromatic rings. The van der Waals surface area contributed by atoms with Gasteiger partial charge < -0.3 is 10.0 Å². The molecule has 0 saturated carbocycles. The Hall–Kier alpha value is -2.88. The molecule has 0 atom stereocenters. The van der Waals surface area contributed by atoms with Crippen molar-refractivity contribution >= 4 is 23.4 Å². The van der Waals surface area contributed by atoms with Crippen LogP contribution < -0.4 is 5.46 Å². The molecule has 0 radical (unpaired) electrons. The van der Waals surface area contributed by atoms with E-state index in [9.17, 15) is 10.0 Å². The maximum Gasteiger partial charge on any atom is 0.488 e. The van der Waals surface area contributed by atoms with E-state index in [0.29, 0.717) is 5.46 Å². The Morgan fingerprint density at radius 2 is 1.24 bits per heavy atom. The monoisotopic (exact) mass is 324 g/mol. The van der Waals surface area contributed by atoms with E-state index < -0.39 is 7.12 Å². The van der Waals surface area contributed by atoms with E-state index in [1.54, 1.807) is 0 Å². The van der Waals surface area contributed by atoms with E-state index in [-0.39, 0.29) is 0 Å². The van der Waals surface area contributed by atoms with Crippen molar-refractivity contribution in [3.8, 4) is 22.3 Å². The summed E-state index contributed by atoms with van der Waals surface area (Å²) in [5, 5.41) is 21.8. The second kappa shape index (κ2) is 6.56. The number of rotatable bonds is 3. The largest absolute Gasteiger partial charge is 0.488 e. The standard InChI is InChI=1S/C22H17BO2/c24-23(25)20-14-18(16-7-2-1-3-8-16)13-19(15-20)22-12-6-10-17-9-4-5-11-21(17)22/h1-15,24-25H. The molecule has 0 aliphatic carbocycles. The molecule has 0 aliphatic heterocycles. The van der Waals surface area contributed by atoms with Gasteiger partial charge in [-0.1, -0.05) is 84.9 Å². The second-order valence-corrected chi connectivity index (χ2v) is 6.11. The third kappa shape index (κ3) is 3.08. The molecule has 0 aliphatic rings. The van der Waals surface area contributed by atoms with Crippen molar-refractivity contribution in [2.24, 2.45) is 0 Å². The number of hydrogen-bond acceptors (Lipinski definition) is 2. The SMILES string of the molecule is OB(O)c1cc(-c2ccccc2)cc(-c2cccc3ccccc23)c1. The molecule has 120 valence electrons. The van der Waals surface area contributed by atoms with Gasteiger partial charge in [0.05, 0.1) is 0 Å². The highest BCUT2D eigenvalue weighted by Crippen LogP contribution is 2.31. The summed E-state index contributed by atoms with van der Waals surface area (Å²) in [5.74, 6) is 0. The topological polar surface area (TPSA) is 40.5 Å². The van der Waals surface area contributed by atoms with Crippen LogP contribution in [-0.4, -0.2) is 17.2 Å². The van der Waals surface area contributed by atoms with Crippen LogP contribution in [0.3, 0.4) is 0 Å². The molecule has 0 saturated heterocycles. The first-order chi connectivity index (χ1) is 12.2. The van der Waals surface area contributed by atoms with Crippen LogP contribution in [0.2, 0.25) is 0 Å². The Morgan fingerprint density at radius 3 is 2.04 bits per heavy atom. The molecule has 2 N–H and O–H groups in total. The van der Waals surface area contributed by atoms with Gasteiger partial charge in [-0.25, -0.2) is 0 Å². The van der Waals surface area contributed by atoms with Crippen LogP contribution in [0.15, 0.2) is 91.0 Å². The lowest BCUT2D eigenvalue weighted by Gasteiger charge is -2.12. The highest BCUT2D eigenvalue weighted by atomic mass is 16.4. The fraction of sp³-hybridized carbons (Fsp3) is 0. The minimum absolute atomic E-state index is 0.490. The predicted octanol–water partition coefficient (Wildman–Crippen LogP) is 3.85. The Balaban J connectivity index is 1.96. The van der Waals surface area contributed by atoms with Crippen LogP contribution in [0, 0.1) is 0 Å². The van der Waals surface area contributed by atoms with Gasteiger partial charge in [0.15, 0.2) is 0 Å². The average Bonchev–Trinajstić information content (AvgIpc) is 2.68. The molecule has 0 fully saturated rings. The molecule has 0 heterocycles. The lowest BCUT2D eigenvalue weighted by atomic mass is 9.77. The van der Waals surface area contributed by atoms with E-state index in [1.807, 2.05) is 60.7 Å². The van der Waals surface area contributed by atoms with Crippen LogP contribution in [0.25, 0.3) is 33.0 Å². The van der Waals surface area contributed by atoms with Gasteiger partial charge in [0.2, 0.25) is 0 Å². The molecule has 0 bridgehead atoms. The number of fused-ring (bicyclic) bond motifs is 1. The quantitative estimate of drug-likeness (QED) is 0.562. The van der Waals surface area contributed by atoms with Gasteiger partial charge in [-0.3, -0.25) is 0 Å². The van der Waals surface area contributed by atoms with Gasteiger partial charge in [0.25, 0.3) is 0 Å². The minimum atomic E-state index is -1.50. The van der Waals surface area contributed by atoms with Gasteiger partial charge in [0, 0.05) is 0 Å². The zero-order valence-corrected chi connectivity index (χ0v) is 13.6. The normalized spacial score (nSPS) is 10.8. The number of benzene rings is 4. The van der Waals surface area contributed by atoms with Crippen molar-refractivity contribution in [3.63, 3.8) is 0 Å². The van der Waals surface area contributed by atoms with Crippen LogP contribution in [0.1, 0.15) is 0 Å². The Bertz CT molecular complexity index is 1020. The Labute approximate surface area is 147 Å². The molecule has 0 amide bonds. The van der Waals surface area contributed by atoms with Crippen molar-refractivity contribution in [2.75, 3.05) is 0 Å². The maximum absolute atomic E-state index is 9.74. The van der Waals surface area contributed by atoms with Gasteiger partial charge in [-0.15, -0.1) is 0 Å². The summed E-state index contributed by atoms with van der Waals surface area (Å²) in [7, 11) is -1.50. The first kappa shape index (κ1) is 15.6. The molecule has 0 spiro atoms. The molecular weight excluding hydrogens is 307 g/mol. The molecule has 2 nitrogen and oxygen atoms in total. The summed E-state index contributed by atoms with van der Waals surface area (Å²) < 4.78 is 0. The van der Waals surface area contributed by atoms with Crippen molar-refractivity contribution in [2.45, 2.75) is 0 Å². The maximum atomic E-state index is 9.74. The summed E-state index contributed by atoms with van der Waals surface area (Å²) in [6.45, 7) is 0. The molecule has 0 unspecified atom stereocenters. The predicted molar refractivity (Wildman–Crippen MR) is 105 cm³/mol. The smallest absolute Gasteiger partial charge is 0.423 e. The third-order valence-electron chi connectivity index (χ3n) is 4.46. The average molecular weight is 324 g/mol. The zero-order valence-electron chi connectivity index (χ0n) is 13.6. The summed E-state index contributed by atoms with van der Waals surface area (Å²) in [6.07, 6.45) is 0. The van der Waals surface area contributed by atoms with Gasteiger partial charge in [0.1, 0.15) is 0 Å². The molecule has 4 rings (SSSR count). The molecular formula is C22H17BO2. The van der Waals surface area contributed by atoms with Crippen LogP contribution in [0.4, 0.5) is 0 Å². The summed E-state index contributed by atoms with van der Waals surface area (Å²) in [4.78, 5) is 0. The van der Waals surface area contributed by atoms with E-state index >= 15 is 0 Å². The van der Waals surface area contributed by atoms with E-state index in [1.165, 1.54) is 0 Å². The Kier molecular flexibility index (Phi) is 4.10. The number of hydrogen-bond donors (Lipinski definition) is 2. The first-order valence-electron chi connectivity index (χ1n) is 8.27. The highest BCUT2D eigenvalue weighted by molar-refractivity contribution is 6.58. The molecule has 0 aromatic heterocycles. The fourth-order valence-corrected chi connectivity index (χ4v) is 3.23. The lowest BCUT2D eigenvalue weighted by molar-refractivity contribution is 0.426. The first-order valence-corrected chi connectivity index (χ1v) is 8.27. The third-order valence-corrected chi connectivity index (χ3v) is 4.46. The summed E-state index contributed by atoms with van der Waals surface area (Å²) in [5.41, 5.74) is 4.56. The van der Waals surface area contributed by atoms with E-state index in [2.05, 4.69) is 30.3 Å². The fourth-order valence-electron chi connectivity index (χ4n) is 3.23. The van der Waals surface area contributed by atoms with Gasteiger partial charge in [-0.2, -0.15) is 0 Å². The van der Waals surface area contributed by atoms with Crippen LogP contribution in [-0.2, 0) is 0 Å². The summed E-state index contributed by atoms with van der Waals surface area (Å²) in [6, 6.07) is 30.2. The molecule has 25 heavy (non-hydrogen) atoms. The van der Waals surface area contributed by atoms with Gasteiger partial charge in [-0.05, 0) is 44.6 Å². The van der Waals surface area contributed by atoms with Crippen molar-refractivity contribution in [3.05, 3.63) is 91.0 Å². The van der Waals surface area contributed by atoms with Crippen molar-refractivity contribution < 1.29 is 10.0 Å². The van der Waals surface area contributed by atoms with Crippen LogP contribution >= 0.6 is 0 Å². The lowest BCUT2D eigenvalue weighted by Crippen LogP contribution is -2.29. The molecule has 3 heteroatoms. The summed E-state index contributed by atoms with van der Waals surface area (Å²) >= 11 is 0. The van der Waals surface area contributed by atoms with E-state index in [4.69, 9.17) is 0 Å². The molecule has 4 aromatic carbocycles. The highest BCUT2D eigenvalue weighted by Gasteiger charge is 2.15. The van der Waals surface area contributed by atoms with E-state index in [0.717, 1.165) is 33.0 Å². The van der Waals surface area contributed by atoms with Crippen molar-refractivity contribution in [1.82, 2.24) is 0 Å². The second-order valence-electron chi connectivity index (χ2n) is 6.11. The van der Waals surface area contributed by atoms with Crippen LogP contribution in [0.5, 0.6) is 0 Å². The Morgan fingerprint density at radius 1 is 0.560 bits per heavy atom. The van der Waals surface area contributed by atoms with Crippen molar-refractivity contribution in [1.29, 1.82) is 0 Å².